The summed E-state index contributed by atoms with van der Waals surface area (Å²) in [4.78, 5) is 32.8. The average Bonchev–Trinajstić information content (AvgIpc) is 3.71. The minimum atomic E-state index is -0.491. The van der Waals surface area contributed by atoms with Gasteiger partial charge in [-0.15, -0.1) is 5.10 Å². The van der Waals surface area contributed by atoms with Gasteiger partial charge >= 0.3 is 0 Å². The first-order valence-corrected chi connectivity index (χ1v) is 14.1. The molecule has 0 saturated heterocycles. The number of para-hydroxylation sites is 1. The summed E-state index contributed by atoms with van der Waals surface area (Å²) in [5.74, 6) is -0.235. The van der Waals surface area contributed by atoms with Gasteiger partial charge in [0, 0.05) is 55.3 Å². The molecule has 2 amide bonds. The molecule has 5 rings (SSSR count). The number of fused-ring (bicyclic) bond motifs is 1. The molecule has 0 unspecified atom stereocenters. The van der Waals surface area contributed by atoms with Crippen LogP contribution >= 0.6 is 0 Å². The SMILES string of the molecule is CCCN(CCO)C(=O)c1cc2c(-c3ccccc3OC)cc(C3=CCCN(C(=O)CCn4ccnn4)C3)c(F)c2[nH]1. The summed E-state index contributed by atoms with van der Waals surface area (Å²) in [6.07, 6.45) is 6.82. The Morgan fingerprint density at radius 3 is 2.74 bits per heavy atom. The third kappa shape index (κ3) is 5.91. The van der Waals surface area contributed by atoms with E-state index in [1.807, 2.05) is 37.3 Å². The molecular formula is C31H35FN6O4. The number of aromatic amines is 1. The lowest BCUT2D eigenvalue weighted by molar-refractivity contribution is -0.131. The predicted molar refractivity (Wildman–Crippen MR) is 157 cm³/mol. The van der Waals surface area contributed by atoms with Crippen molar-refractivity contribution < 1.29 is 23.8 Å². The van der Waals surface area contributed by atoms with E-state index in [-0.39, 0.29) is 49.1 Å². The summed E-state index contributed by atoms with van der Waals surface area (Å²) < 4.78 is 23.6. The summed E-state index contributed by atoms with van der Waals surface area (Å²) in [6, 6.07) is 10.9. The zero-order valence-corrected chi connectivity index (χ0v) is 23.8. The molecule has 10 nitrogen and oxygen atoms in total. The number of rotatable bonds is 11. The van der Waals surface area contributed by atoms with Gasteiger partial charge in [-0.05, 0) is 42.2 Å². The number of amides is 2. The number of H-pyrrole nitrogens is 1. The van der Waals surface area contributed by atoms with Gasteiger partial charge in [0.25, 0.3) is 5.91 Å². The number of benzene rings is 2. The van der Waals surface area contributed by atoms with E-state index in [4.69, 9.17) is 4.74 Å². The monoisotopic (exact) mass is 574 g/mol. The molecule has 0 bridgehead atoms. The first-order valence-electron chi connectivity index (χ1n) is 14.1. The van der Waals surface area contributed by atoms with E-state index in [9.17, 15) is 14.7 Å². The van der Waals surface area contributed by atoms with E-state index in [2.05, 4.69) is 15.3 Å². The molecule has 1 aliphatic heterocycles. The first kappa shape index (κ1) is 29.0. The number of aliphatic hydroxyl groups is 1. The molecule has 0 fully saturated rings. The Hall–Kier alpha value is -4.51. The van der Waals surface area contributed by atoms with Crippen molar-refractivity contribution in [2.75, 3.05) is 39.9 Å². The van der Waals surface area contributed by atoms with Gasteiger partial charge in [-0.2, -0.15) is 0 Å². The summed E-state index contributed by atoms with van der Waals surface area (Å²) in [6.45, 7) is 3.66. The van der Waals surface area contributed by atoms with Crippen molar-refractivity contribution in [1.82, 2.24) is 29.8 Å². The lowest BCUT2D eigenvalue weighted by Crippen LogP contribution is -2.36. The van der Waals surface area contributed by atoms with Crippen molar-refractivity contribution in [2.45, 2.75) is 32.7 Å². The Morgan fingerprint density at radius 1 is 1.17 bits per heavy atom. The number of nitrogens with zero attached hydrogens (tertiary/aromatic N) is 5. The highest BCUT2D eigenvalue weighted by Gasteiger charge is 2.26. The molecule has 0 radical (unpaired) electrons. The molecule has 2 aromatic carbocycles. The van der Waals surface area contributed by atoms with E-state index in [0.717, 1.165) is 12.0 Å². The molecule has 4 aromatic rings. The Morgan fingerprint density at radius 2 is 2.00 bits per heavy atom. The van der Waals surface area contributed by atoms with Gasteiger partial charge in [-0.1, -0.05) is 36.4 Å². The third-order valence-corrected chi connectivity index (χ3v) is 7.51. The highest BCUT2D eigenvalue weighted by Crippen LogP contribution is 2.40. The van der Waals surface area contributed by atoms with Gasteiger partial charge in [0.05, 0.1) is 32.0 Å². The molecule has 0 atom stereocenters. The second kappa shape index (κ2) is 13.0. The number of aliphatic hydroxyl groups excluding tert-OH is 1. The van der Waals surface area contributed by atoms with Gasteiger partial charge in [-0.25, -0.2) is 4.39 Å². The number of nitrogens with one attached hydrogen (secondary N) is 1. The lowest BCUT2D eigenvalue weighted by atomic mass is 9.93. The summed E-state index contributed by atoms with van der Waals surface area (Å²) in [5, 5.41) is 17.7. The molecule has 11 heteroatoms. The van der Waals surface area contributed by atoms with Crippen LogP contribution in [0.15, 0.2) is 54.9 Å². The van der Waals surface area contributed by atoms with Crippen LogP contribution in [0.5, 0.6) is 5.75 Å². The number of methoxy groups -OCH3 is 1. The number of carbonyl (C=O) groups is 2. The zero-order valence-electron chi connectivity index (χ0n) is 23.8. The second-order valence-electron chi connectivity index (χ2n) is 10.2. The normalized spacial score (nSPS) is 13.3. The number of carbonyl (C=O) groups excluding carboxylic acids is 2. The topological polar surface area (TPSA) is 117 Å². The van der Waals surface area contributed by atoms with Crippen LogP contribution in [0, 0.1) is 5.82 Å². The Bertz CT molecular complexity index is 1590. The fourth-order valence-corrected chi connectivity index (χ4v) is 5.45. The van der Waals surface area contributed by atoms with Crippen molar-refractivity contribution in [3.8, 4) is 16.9 Å². The van der Waals surface area contributed by atoms with Crippen LogP contribution in [0.4, 0.5) is 4.39 Å². The number of hydrogen-bond donors (Lipinski definition) is 2. The number of ether oxygens (including phenoxy) is 1. The van der Waals surface area contributed by atoms with Gasteiger partial charge in [0.1, 0.15) is 11.4 Å². The quantitative estimate of drug-likeness (QED) is 0.278. The first-order chi connectivity index (χ1) is 20.4. The number of hydrogen-bond acceptors (Lipinski definition) is 6. The van der Waals surface area contributed by atoms with Crippen LogP contribution in [0.3, 0.4) is 0 Å². The number of halogens is 1. The molecule has 220 valence electrons. The predicted octanol–water partition coefficient (Wildman–Crippen LogP) is 4.12. The largest absolute Gasteiger partial charge is 0.496 e. The van der Waals surface area contributed by atoms with Crippen LogP contribution in [0.2, 0.25) is 0 Å². The molecule has 3 heterocycles. The van der Waals surface area contributed by atoms with Crippen LogP contribution in [-0.2, 0) is 11.3 Å². The van der Waals surface area contributed by atoms with E-state index in [1.54, 1.807) is 46.1 Å². The standard InChI is InChI=1S/C31H35FN6O4/c1-3-12-36(16-17-39)31(41)26-19-25-24(22-8-4-5-9-27(22)42-2)18-23(29(32)30(25)34-26)21-7-6-13-37(20-21)28(40)10-14-38-15-11-33-35-38/h4-5,7-9,11,15,18-19,34,39H,3,6,10,12-14,16-17,20H2,1-2H3. The van der Waals surface area contributed by atoms with Gasteiger partial charge in [-0.3, -0.25) is 14.3 Å². The van der Waals surface area contributed by atoms with Gasteiger partial charge < -0.3 is 24.6 Å². The van der Waals surface area contributed by atoms with E-state index < -0.39 is 5.82 Å². The number of aryl methyl sites for hydroxylation is 1. The highest BCUT2D eigenvalue weighted by molar-refractivity contribution is 6.05. The van der Waals surface area contributed by atoms with Crippen LogP contribution in [0.25, 0.3) is 27.6 Å². The minimum Gasteiger partial charge on any atom is -0.496 e. The minimum absolute atomic E-state index is 0.0461. The second-order valence-corrected chi connectivity index (χ2v) is 10.2. The maximum atomic E-state index is 16.4. The lowest BCUT2D eigenvalue weighted by Gasteiger charge is -2.28. The van der Waals surface area contributed by atoms with Gasteiger partial charge in [0.15, 0.2) is 5.82 Å². The van der Waals surface area contributed by atoms with Crippen LogP contribution in [0.1, 0.15) is 42.2 Å². The molecule has 2 aromatic heterocycles. The third-order valence-electron chi connectivity index (χ3n) is 7.51. The van der Waals surface area contributed by atoms with Crippen molar-refractivity contribution in [3.63, 3.8) is 0 Å². The van der Waals surface area contributed by atoms with Crippen LogP contribution in [-0.4, -0.2) is 86.6 Å². The van der Waals surface area contributed by atoms with Crippen LogP contribution < -0.4 is 4.74 Å². The van der Waals surface area contributed by atoms with Crippen molar-refractivity contribution in [3.05, 3.63) is 71.9 Å². The number of aromatic nitrogens is 4. The summed E-state index contributed by atoms with van der Waals surface area (Å²) in [7, 11) is 1.58. The zero-order chi connectivity index (χ0) is 29.6. The molecule has 1 aliphatic rings. The molecule has 0 saturated carbocycles. The van der Waals surface area contributed by atoms with E-state index in [0.29, 0.717) is 53.9 Å². The Balaban J connectivity index is 1.55. The van der Waals surface area contributed by atoms with Crippen molar-refractivity contribution in [1.29, 1.82) is 0 Å². The fourth-order valence-electron chi connectivity index (χ4n) is 5.45. The van der Waals surface area contributed by atoms with Crippen molar-refractivity contribution >= 4 is 28.3 Å². The summed E-state index contributed by atoms with van der Waals surface area (Å²) >= 11 is 0. The molecule has 0 aliphatic carbocycles. The fraction of sp³-hybridized carbons (Fsp3) is 0.355. The molecule has 42 heavy (non-hydrogen) atoms. The smallest absolute Gasteiger partial charge is 0.270 e. The maximum Gasteiger partial charge on any atom is 0.270 e. The average molecular weight is 575 g/mol. The van der Waals surface area contributed by atoms with Gasteiger partial charge in [0.2, 0.25) is 5.91 Å². The Kier molecular flexibility index (Phi) is 8.97. The molecule has 2 N–H and O–H groups in total. The molecule has 0 spiro atoms. The maximum absolute atomic E-state index is 16.4. The van der Waals surface area contributed by atoms with E-state index in [1.165, 1.54) is 0 Å². The molecular weight excluding hydrogens is 539 g/mol. The Labute approximate surface area is 243 Å². The van der Waals surface area contributed by atoms with Crippen molar-refractivity contribution in [2.24, 2.45) is 0 Å². The van der Waals surface area contributed by atoms with E-state index >= 15 is 4.39 Å². The summed E-state index contributed by atoms with van der Waals surface area (Å²) in [5.41, 5.74) is 2.95. The highest BCUT2D eigenvalue weighted by atomic mass is 19.1.